The van der Waals surface area contributed by atoms with Crippen molar-refractivity contribution in [2.24, 2.45) is 22.7 Å². The minimum atomic E-state index is -1.21. The second kappa shape index (κ2) is 7.86. The van der Waals surface area contributed by atoms with Gasteiger partial charge in [0, 0.05) is 23.2 Å². The van der Waals surface area contributed by atoms with Gasteiger partial charge in [-0.1, -0.05) is 20.8 Å². The third kappa shape index (κ3) is 3.33. The van der Waals surface area contributed by atoms with Crippen LogP contribution in [0, 0.1) is 22.7 Å². The quantitative estimate of drug-likeness (QED) is 0.461. The molecule has 0 aromatic rings. The number of carboxylic acid groups (broad SMARTS) is 1. The number of hydrogen-bond donors (Lipinski definition) is 3. The molecule has 3 N–H and O–H groups in total. The van der Waals surface area contributed by atoms with Gasteiger partial charge in [0.1, 0.15) is 0 Å². The Morgan fingerprint density at radius 3 is 2.33 bits per heavy atom. The summed E-state index contributed by atoms with van der Waals surface area (Å²) in [6.45, 7) is 5.87. The van der Waals surface area contributed by atoms with Crippen molar-refractivity contribution in [3.8, 4) is 0 Å². The number of aliphatic carboxylic acids is 1. The van der Waals surface area contributed by atoms with E-state index < -0.39 is 28.7 Å². The molecular weight excluding hydrogens is 359 g/mol. The molecule has 2 saturated carbocycles. The average Bonchev–Trinajstić information content (AvgIpc) is 2.98. The van der Waals surface area contributed by atoms with Crippen molar-refractivity contribution >= 4 is 5.97 Å². The molecule has 150 valence electrons. The van der Waals surface area contributed by atoms with Crippen LogP contribution in [0.15, 0.2) is 0 Å². The number of fused-ring (bicyclic) bond motifs is 2. The van der Waals surface area contributed by atoms with E-state index in [2.05, 4.69) is 13.8 Å². The second-order valence-corrected chi connectivity index (χ2v) is 9.55. The van der Waals surface area contributed by atoms with Gasteiger partial charge in [0.2, 0.25) is 0 Å². The number of carbonyl (C=O) groups is 1. The third-order valence-corrected chi connectivity index (χ3v) is 8.36. The maximum absolute atomic E-state index is 11.3. The van der Waals surface area contributed by atoms with Gasteiger partial charge in [0.15, 0.2) is 0 Å². The molecule has 3 rings (SSSR count). The molecule has 0 bridgehead atoms. The van der Waals surface area contributed by atoms with E-state index >= 15 is 0 Å². The van der Waals surface area contributed by atoms with Gasteiger partial charge in [-0.2, -0.15) is 0 Å². The fourth-order valence-electron chi connectivity index (χ4n) is 6.69. The Kier molecular flexibility index (Phi) is 6.87. The second-order valence-electron chi connectivity index (χ2n) is 9.55. The summed E-state index contributed by atoms with van der Waals surface area (Å²) >= 11 is 0. The Morgan fingerprint density at radius 1 is 1.11 bits per heavy atom. The fourth-order valence-corrected chi connectivity index (χ4v) is 6.69. The van der Waals surface area contributed by atoms with Crippen molar-refractivity contribution in [1.29, 1.82) is 0 Å². The van der Waals surface area contributed by atoms with Crippen LogP contribution in [0.1, 0.15) is 65.7 Å². The van der Waals surface area contributed by atoms with Crippen molar-refractivity contribution in [3.63, 3.8) is 0 Å². The van der Waals surface area contributed by atoms with Crippen LogP contribution in [-0.4, -0.2) is 51.8 Å². The zero-order valence-electron chi connectivity index (χ0n) is 17.2. The normalized spacial score (nSPS) is 49.5. The molecule has 27 heavy (non-hydrogen) atoms. The minimum Gasteiger partial charge on any atom is -0.550 e. The first-order valence-electron chi connectivity index (χ1n) is 9.89. The van der Waals surface area contributed by atoms with E-state index in [9.17, 15) is 25.2 Å². The largest absolute Gasteiger partial charge is 1.00 e. The molecular formula is C20H33NaO6. The van der Waals surface area contributed by atoms with Gasteiger partial charge >= 0.3 is 29.6 Å². The number of carbonyl (C=O) groups excluding carboxylic acids is 1. The van der Waals surface area contributed by atoms with Crippen molar-refractivity contribution in [3.05, 3.63) is 0 Å². The van der Waals surface area contributed by atoms with Gasteiger partial charge in [-0.25, -0.2) is 0 Å². The Balaban J connectivity index is 0.00000261. The topological polar surface area (TPSA) is 110 Å². The number of rotatable bonds is 4. The van der Waals surface area contributed by atoms with Gasteiger partial charge in [-0.05, 0) is 50.4 Å². The van der Waals surface area contributed by atoms with Gasteiger partial charge in [-0.3, -0.25) is 0 Å². The summed E-state index contributed by atoms with van der Waals surface area (Å²) in [5.41, 5.74) is -2.53. The van der Waals surface area contributed by atoms with Gasteiger partial charge in [-0.15, -0.1) is 0 Å². The van der Waals surface area contributed by atoms with E-state index in [4.69, 9.17) is 4.74 Å². The molecule has 1 saturated heterocycles. The third-order valence-electron chi connectivity index (χ3n) is 8.36. The first kappa shape index (κ1) is 23.6. The van der Waals surface area contributed by atoms with Crippen LogP contribution in [0.5, 0.6) is 0 Å². The van der Waals surface area contributed by atoms with Crippen LogP contribution >= 0.6 is 0 Å². The van der Waals surface area contributed by atoms with E-state index in [0.717, 1.165) is 19.3 Å². The minimum absolute atomic E-state index is 0. The zero-order valence-corrected chi connectivity index (χ0v) is 19.2. The standard InChI is InChI=1S/C20H34O6.Na/c1-13-4-5-14-17(2,11-21)15(23)6-7-18(14,3)20(13)9-8-19(12-22,26-20)10-16(24)25;/h13-15,21-23H,4-12H2,1-3H3,(H,24,25);/q;+1/p-1/t13-,14-,15?,17?,18-,19+,20+;/m0./s1. The Labute approximate surface area is 184 Å². The Morgan fingerprint density at radius 2 is 1.78 bits per heavy atom. The molecule has 0 aromatic heterocycles. The van der Waals surface area contributed by atoms with Crippen molar-refractivity contribution in [2.45, 2.75) is 83.0 Å². The van der Waals surface area contributed by atoms with Crippen LogP contribution in [0.4, 0.5) is 0 Å². The molecule has 0 aromatic carbocycles. The van der Waals surface area contributed by atoms with Gasteiger partial charge in [0.05, 0.1) is 30.5 Å². The van der Waals surface area contributed by atoms with E-state index in [1.165, 1.54) is 0 Å². The summed E-state index contributed by atoms with van der Waals surface area (Å²) in [6, 6.07) is 0. The monoisotopic (exact) mass is 392 g/mol. The van der Waals surface area contributed by atoms with E-state index in [-0.39, 0.29) is 66.4 Å². The SMILES string of the molecule is C[C@H]1CC[C@H]2C(C)(CO)C(O)CC[C@]2(C)[C@@]12CC[C@](CO)(CC(=O)[O-])O2.[Na+]. The summed E-state index contributed by atoms with van der Waals surface area (Å²) in [5.74, 6) is -0.907. The Hall–Kier alpha value is 0.310. The van der Waals surface area contributed by atoms with Gasteiger partial charge in [0.25, 0.3) is 0 Å². The van der Waals surface area contributed by atoms with Crippen molar-refractivity contribution < 1.29 is 59.5 Å². The van der Waals surface area contributed by atoms with Crippen LogP contribution in [0.2, 0.25) is 0 Å². The van der Waals surface area contributed by atoms with Crippen LogP contribution < -0.4 is 34.7 Å². The summed E-state index contributed by atoms with van der Waals surface area (Å²) in [5, 5.41) is 41.9. The van der Waals surface area contributed by atoms with E-state index in [1.54, 1.807) is 0 Å². The maximum Gasteiger partial charge on any atom is 1.00 e. The number of hydrogen-bond acceptors (Lipinski definition) is 6. The number of aliphatic hydroxyl groups excluding tert-OH is 3. The zero-order chi connectivity index (χ0) is 19.4. The molecule has 0 radical (unpaired) electrons. The van der Waals surface area contributed by atoms with Gasteiger partial charge < -0.3 is 30.0 Å². The summed E-state index contributed by atoms with van der Waals surface area (Å²) in [6.07, 6.45) is 3.48. The molecule has 7 atom stereocenters. The van der Waals surface area contributed by atoms with E-state index in [0.29, 0.717) is 19.3 Å². The van der Waals surface area contributed by atoms with E-state index in [1.807, 2.05) is 6.92 Å². The first-order chi connectivity index (χ1) is 12.1. The van der Waals surface area contributed by atoms with Crippen molar-refractivity contribution in [2.75, 3.05) is 13.2 Å². The average molecular weight is 392 g/mol. The summed E-state index contributed by atoms with van der Waals surface area (Å²) in [7, 11) is 0. The number of carboxylic acids is 1. The molecule has 1 aliphatic heterocycles. The fraction of sp³-hybridized carbons (Fsp3) is 0.950. The first-order valence-corrected chi connectivity index (χ1v) is 9.89. The molecule has 7 heteroatoms. The summed E-state index contributed by atoms with van der Waals surface area (Å²) in [4.78, 5) is 11.3. The Bertz CT molecular complexity index is 573. The molecule has 0 amide bonds. The molecule has 1 heterocycles. The molecule has 1 spiro atoms. The molecule has 2 unspecified atom stereocenters. The number of aliphatic hydroxyl groups is 3. The van der Waals surface area contributed by atoms with Crippen LogP contribution in [-0.2, 0) is 9.53 Å². The smallest absolute Gasteiger partial charge is 0.550 e. The molecule has 2 aliphatic carbocycles. The molecule has 3 fully saturated rings. The van der Waals surface area contributed by atoms with Crippen LogP contribution in [0.25, 0.3) is 0 Å². The van der Waals surface area contributed by atoms with Crippen LogP contribution in [0.3, 0.4) is 0 Å². The molecule has 3 aliphatic rings. The number of ether oxygens (including phenoxy) is 1. The maximum atomic E-state index is 11.3. The summed E-state index contributed by atoms with van der Waals surface area (Å²) < 4.78 is 6.56. The predicted molar refractivity (Wildman–Crippen MR) is 92.9 cm³/mol. The van der Waals surface area contributed by atoms with Crippen molar-refractivity contribution in [1.82, 2.24) is 0 Å². The molecule has 6 nitrogen and oxygen atoms in total. The predicted octanol–water partition coefficient (Wildman–Crippen LogP) is -2.38.